The van der Waals surface area contributed by atoms with Crippen LogP contribution in [0.4, 0.5) is 0 Å². The van der Waals surface area contributed by atoms with Crippen molar-refractivity contribution in [3.63, 3.8) is 0 Å². The standard InChI is InChI=1S/C15H30O6/c1-16-13-15-14-20-6-4-2-3-5-17-7-8-18-9-10-19-11-12-21-15/h15H,2-14H2,1H3. The quantitative estimate of drug-likeness (QED) is 0.766. The van der Waals surface area contributed by atoms with Gasteiger partial charge >= 0.3 is 0 Å². The van der Waals surface area contributed by atoms with E-state index >= 15 is 0 Å². The highest BCUT2D eigenvalue weighted by Crippen LogP contribution is 2.00. The van der Waals surface area contributed by atoms with Gasteiger partial charge in [-0.25, -0.2) is 0 Å². The third kappa shape index (κ3) is 12.0. The number of hydrogen-bond acceptors (Lipinski definition) is 6. The van der Waals surface area contributed by atoms with Gasteiger partial charge in [-0.2, -0.15) is 0 Å². The van der Waals surface area contributed by atoms with Crippen molar-refractivity contribution in [2.75, 3.05) is 73.2 Å². The molecule has 0 aliphatic carbocycles. The lowest BCUT2D eigenvalue weighted by atomic mass is 10.2. The number of hydrogen-bond donors (Lipinski definition) is 0. The molecule has 0 aromatic carbocycles. The van der Waals surface area contributed by atoms with Crippen molar-refractivity contribution in [2.45, 2.75) is 25.4 Å². The summed E-state index contributed by atoms with van der Waals surface area (Å²) in [6.45, 7) is 6.18. The highest BCUT2D eigenvalue weighted by Gasteiger charge is 2.09. The molecule has 0 radical (unpaired) electrons. The Hall–Kier alpha value is -0.240. The number of rotatable bonds is 2. The Kier molecular flexibility index (Phi) is 13.2. The van der Waals surface area contributed by atoms with Crippen LogP contribution in [-0.4, -0.2) is 79.3 Å². The number of ether oxygens (including phenoxy) is 6. The monoisotopic (exact) mass is 306 g/mol. The maximum atomic E-state index is 5.69. The third-order valence-corrected chi connectivity index (χ3v) is 3.06. The summed E-state index contributed by atoms with van der Waals surface area (Å²) in [4.78, 5) is 0. The molecule has 6 nitrogen and oxygen atoms in total. The molecule has 1 saturated heterocycles. The van der Waals surface area contributed by atoms with Crippen molar-refractivity contribution in [1.82, 2.24) is 0 Å². The van der Waals surface area contributed by atoms with Crippen LogP contribution in [0.2, 0.25) is 0 Å². The largest absolute Gasteiger partial charge is 0.382 e. The lowest BCUT2D eigenvalue weighted by molar-refractivity contribution is -0.0708. The van der Waals surface area contributed by atoms with Crippen LogP contribution in [0.5, 0.6) is 0 Å². The molecule has 0 N–H and O–H groups in total. The van der Waals surface area contributed by atoms with Gasteiger partial charge in [0.2, 0.25) is 0 Å². The van der Waals surface area contributed by atoms with Crippen LogP contribution in [0, 0.1) is 0 Å². The van der Waals surface area contributed by atoms with Gasteiger partial charge in [-0.3, -0.25) is 0 Å². The molecule has 1 aliphatic heterocycles. The Balaban J connectivity index is 2.18. The third-order valence-electron chi connectivity index (χ3n) is 3.06. The average molecular weight is 306 g/mol. The van der Waals surface area contributed by atoms with E-state index in [0.717, 1.165) is 32.5 Å². The van der Waals surface area contributed by atoms with Crippen molar-refractivity contribution in [2.24, 2.45) is 0 Å². The van der Waals surface area contributed by atoms with E-state index in [4.69, 9.17) is 28.4 Å². The van der Waals surface area contributed by atoms with E-state index in [-0.39, 0.29) is 6.10 Å². The summed E-state index contributed by atoms with van der Waals surface area (Å²) in [7, 11) is 1.67. The number of methoxy groups -OCH3 is 1. The molecule has 1 aliphatic rings. The Labute approximate surface area is 128 Å². The predicted octanol–water partition coefficient (Wildman–Crippen LogP) is 1.27. The molecule has 0 saturated carbocycles. The van der Waals surface area contributed by atoms with E-state index in [1.54, 1.807) is 7.11 Å². The molecule has 1 rings (SSSR count). The fourth-order valence-electron chi connectivity index (χ4n) is 1.95. The minimum absolute atomic E-state index is 0.0305. The van der Waals surface area contributed by atoms with Gasteiger partial charge in [0.1, 0.15) is 6.10 Å². The summed E-state index contributed by atoms with van der Waals surface area (Å²) in [5, 5.41) is 0. The summed E-state index contributed by atoms with van der Waals surface area (Å²) in [6, 6.07) is 0. The highest BCUT2D eigenvalue weighted by molar-refractivity contribution is 4.55. The van der Waals surface area contributed by atoms with E-state index < -0.39 is 0 Å². The van der Waals surface area contributed by atoms with Crippen molar-refractivity contribution < 1.29 is 28.4 Å². The predicted molar refractivity (Wildman–Crippen MR) is 78.7 cm³/mol. The molecule has 0 bridgehead atoms. The first kappa shape index (κ1) is 18.8. The molecule has 0 spiro atoms. The van der Waals surface area contributed by atoms with Crippen LogP contribution in [0.25, 0.3) is 0 Å². The summed E-state index contributed by atoms with van der Waals surface area (Å²) in [5.41, 5.74) is 0. The molecule has 0 aromatic heterocycles. The average Bonchev–Trinajstić information content (AvgIpc) is 2.49. The SMILES string of the molecule is COCC1COCCCCCOCCOCCOCCO1. The van der Waals surface area contributed by atoms with Crippen molar-refractivity contribution in [3.05, 3.63) is 0 Å². The van der Waals surface area contributed by atoms with E-state index in [0.29, 0.717) is 52.9 Å². The summed E-state index contributed by atoms with van der Waals surface area (Å²) < 4.78 is 32.8. The van der Waals surface area contributed by atoms with Gasteiger partial charge in [0, 0.05) is 20.3 Å². The second kappa shape index (κ2) is 14.7. The van der Waals surface area contributed by atoms with Gasteiger partial charge in [-0.05, 0) is 19.3 Å². The summed E-state index contributed by atoms with van der Waals surface area (Å²) >= 11 is 0. The summed E-state index contributed by atoms with van der Waals surface area (Å²) in [5.74, 6) is 0. The fourth-order valence-corrected chi connectivity index (χ4v) is 1.95. The molecule has 1 unspecified atom stereocenters. The zero-order valence-electron chi connectivity index (χ0n) is 13.2. The van der Waals surface area contributed by atoms with E-state index in [9.17, 15) is 0 Å². The Bertz CT molecular complexity index is 196. The van der Waals surface area contributed by atoms with Gasteiger partial charge in [0.05, 0.1) is 52.9 Å². The normalized spacial score (nSPS) is 25.9. The molecule has 0 aromatic rings. The van der Waals surface area contributed by atoms with Gasteiger partial charge in [0.25, 0.3) is 0 Å². The van der Waals surface area contributed by atoms with Crippen LogP contribution in [0.3, 0.4) is 0 Å². The van der Waals surface area contributed by atoms with Crippen molar-refractivity contribution in [1.29, 1.82) is 0 Å². The lowest BCUT2D eigenvalue weighted by Crippen LogP contribution is -2.27. The molecule has 1 heterocycles. The maximum absolute atomic E-state index is 5.69. The maximum Gasteiger partial charge on any atom is 0.104 e. The van der Waals surface area contributed by atoms with Crippen LogP contribution in [0.1, 0.15) is 19.3 Å². The molecule has 0 amide bonds. The topological polar surface area (TPSA) is 55.4 Å². The van der Waals surface area contributed by atoms with Crippen LogP contribution >= 0.6 is 0 Å². The highest BCUT2D eigenvalue weighted by atomic mass is 16.6. The summed E-state index contributed by atoms with van der Waals surface area (Å²) in [6.07, 6.45) is 3.19. The van der Waals surface area contributed by atoms with E-state index in [2.05, 4.69) is 0 Å². The Morgan fingerprint density at radius 1 is 0.714 bits per heavy atom. The zero-order chi connectivity index (χ0) is 15.0. The van der Waals surface area contributed by atoms with Gasteiger partial charge < -0.3 is 28.4 Å². The molecule has 126 valence electrons. The first-order chi connectivity index (χ1) is 10.4. The Morgan fingerprint density at radius 3 is 1.95 bits per heavy atom. The van der Waals surface area contributed by atoms with Crippen LogP contribution in [-0.2, 0) is 28.4 Å². The fraction of sp³-hybridized carbons (Fsp3) is 1.00. The van der Waals surface area contributed by atoms with E-state index in [1.165, 1.54) is 0 Å². The van der Waals surface area contributed by atoms with Gasteiger partial charge in [-0.15, -0.1) is 0 Å². The van der Waals surface area contributed by atoms with Crippen LogP contribution < -0.4 is 0 Å². The molecule has 1 atom stereocenters. The lowest BCUT2D eigenvalue weighted by Gasteiger charge is -2.17. The van der Waals surface area contributed by atoms with Gasteiger partial charge in [0.15, 0.2) is 0 Å². The second-order valence-electron chi connectivity index (χ2n) is 4.92. The van der Waals surface area contributed by atoms with E-state index in [1.807, 2.05) is 0 Å². The molecule has 1 fully saturated rings. The van der Waals surface area contributed by atoms with Crippen molar-refractivity contribution >= 4 is 0 Å². The minimum atomic E-state index is -0.0305. The molecular formula is C15H30O6. The molecular weight excluding hydrogens is 276 g/mol. The van der Waals surface area contributed by atoms with Crippen LogP contribution in [0.15, 0.2) is 0 Å². The minimum Gasteiger partial charge on any atom is -0.382 e. The van der Waals surface area contributed by atoms with Crippen molar-refractivity contribution in [3.8, 4) is 0 Å². The second-order valence-corrected chi connectivity index (χ2v) is 4.92. The zero-order valence-corrected chi connectivity index (χ0v) is 13.2. The smallest absolute Gasteiger partial charge is 0.104 e. The molecule has 6 heteroatoms. The first-order valence-electron chi connectivity index (χ1n) is 7.85. The van der Waals surface area contributed by atoms with Gasteiger partial charge in [-0.1, -0.05) is 0 Å². The Morgan fingerprint density at radius 2 is 1.29 bits per heavy atom. The molecule has 21 heavy (non-hydrogen) atoms. The first-order valence-corrected chi connectivity index (χ1v) is 7.85.